The summed E-state index contributed by atoms with van der Waals surface area (Å²) in [5, 5.41) is 12.7. The lowest BCUT2D eigenvalue weighted by Crippen LogP contribution is -2.27. The maximum Gasteiger partial charge on any atom is 0.472 e. The molecule has 0 saturated carbocycles. The second-order valence-electron chi connectivity index (χ2n) is 14.3. The van der Waals surface area contributed by atoms with Crippen molar-refractivity contribution in [2.75, 3.05) is 26.4 Å². The first-order valence-electron chi connectivity index (χ1n) is 22.1. The monoisotopic (exact) mass is 818 g/mol. The predicted octanol–water partition coefficient (Wildman–Crippen LogP) is 12.4. The zero-order chi connectivity index (χ0) is 41.8. The number of aliphatic hydroxyl groups excluding tert-OH is 1. The van der Waals surface area contributed by atoms with E-state index in [0.29, 0.717) is 12.8 Å². The van der Waals surface area contributed by atoms with Gasteiger partial charge in [-0.25, -0.2) is 4.57 Å². The molecule has 0 aliphatic carbocycles. The fourth-order valence-corrected chi connectivity index (χ4v) is 6.30. The lowest BCUT2D eigenvalue weighted by atomic mass is 10.0. The van der Waals surface area contributed by atoms with Crippen molar-refractivity contribution >= 4 is 19.7 Å². The number of allylic oxidation sites excluding steroid dienone is 14. The van der Waals surface area contributed by atoms with Crippen LogP contribution in [0.3, 0.4) is 0 Å². The summed E-state index contributed by atoms with van der Waals surface area (Å²) in [4.78, 5) is 33.9. The van der Waals surface area contributed by atoms with Gasteiger partial charge in [0.15, 0.2) is 0 Å². The van der Waals surface area contributed by atoms with Gasteiger partial charge in [0.25, 0.3) is 0 Å². The molecule has 9 nitrogen and oxygen atoms in total. The number of carbonyl (C=O) groups is 2. The molecule has 10 heteroatoms. The highest BCUT2D eigenvalue weighted by Crippen LogP contribution is 2.42. The number of amides is 1. The topological polar surface area (TPSA) is 131 Å². The third-order valence-corrected chi connectivity index (χ3v) is 9.82. The zero-order valence-electron chi connectivity index (χ0n) is 35.8. The number of hydrogen-bond donors (Lipinski definition) is 3. The molecule has 0 rings (SSSR count). The SMILES string of the molecule is CC/C=C\C/C=C\C/C=C\C/C=C\C/C=C\C/C=C\C/C=C\CCCC(=O)OCC(O)COP(=O)(O)OCCNC(=O)CCCCCCCCCCCCCCC. The molecule has 2 atom stereocenters. The van der Waals surface area contributed by atoms with Crippen LogP contribution in [0, 0.1) is 0 Å². The number of hydrogen-bond acceptors (Lipinski definition) is 7. The van der Waals surface area contributed by atoms with Gasteiger partial charge in [-0.05, 0) is 64.2 Å². The fourth-order valence-electron chi connectivity index (χ4n) is 5.54. The van der Waals surface area contributed by atoms with Crippen LogP contribution in [0.15, 0.2) is 85.1 Å². The van der Waals surface area contributed by atoms with E-state index in [4.69, 9.17) is 13.8 Å². The van der Waals surface area contributed by atoms with Crippen molar-refractivity contribution in [3.63, 3.8) is 0 Å². The normalized spacial score (nSPS) is 14.1. The van der Waals surface area contributed by atoms with E-state index >= 15 is 0 Å². The van der Waals surface area contributed by atoms with Gasteiger partial charge in [0, 0.05) is 19.4 Å². The highest BCUT2D eigenvalue weighted by Gasteiger charge is 2.23. The third kappa shape index (κ3) is 44.1. The van der Waals surface area contributed by atoms with E-state index in [1.165, 1.54) is 64.2 Å². The molecule has 0 aliphatic heterocycles. The summed E-state index contributed by atoms with van der Waals surface area (Å²) >= 11 is 0. The largest absolute Gasteiger partial charge is 0.472 e. The lowest BCUT2D eigenvalue weighted by Gasteiger charge is -2.15. The summed E-state index contributed by atoms with van der Waals surface area (Å²) in [6.45, 7) is 3.36. The Labute approximate surface area is 347 Å². The Hall–Kier alpha value is -2.81. The average molecular weight is 818 g/mol. The Kier molecular flexibility index (Phi) is 40.7. The molecular formula is C47H80NO8P. The maximum absolute atomic E-state index is 12.1. The molecule has 1 amide bonds. The Morgan fingerprint density at radius 1 is 0.561 bits per heavy atom. The van der Waals surface area contributed by atoms with Crippen LogP contribution in [-0.4, -0.2) is 54.3 Å². The maximum atomic E-state index is 12.1. The van der Waals surface area contributed by atoms with Gasteiger partial charge in [0.05, 0.1) is 13.2 Å². The minimum absolute atomic E-state index is 0.0725. The van der Waals surface area contributed by atoms with Crippen molar-refractivity contribution < 1.29 is 37.9 Å². The van der Waals surface area contributed by atoms with Gasteiger partial charge in [-0.15, -0.1) is 0 Å². The molecule has 0 aromatic heterocycles. The van der Waals surface area contributed by atoms with Crippen molar-refractivity contribution in [3.8, 4) is 0 Å². The molecule has 0 bridgehead atoms. The van der Waals surface area contributed by atoms with Gasteiger partial charge in [0.2, 0.25) is 5.91 Å². The second kappa shape index (κ2) is 42.8. The first-order valence-corrected chi connectivity index (χ1v) is 23.6. The van der Waals surface area contributed by atoms with Crippen LogP contribution in [0.4, 0.5) is 0 Å². The number of phosphoric ester groups is 1. The number of phosphoric acid groups is 1. The van der Waals surface area contributed by atoms with Crippen LogP contribution in [0.25, 0.3) is 0 Å². The van der Waals surface area contributed by atoms with Crippen molar-refractivity contribution in [3.05, 3.63) is 85.1 Å². The number of carbonyl (C=O) groups excluding carboxylic acids is 2. The highest BCUT2D eigenvalue weighted by molar-refractivity contribution is 7.47. The van der Waals surface area contributed by atoms with Crippen molar-refractivity contribution in [2.45, 2.75) is 174 Å². The molecule has 0 spiro atoms. The smallest absolute Gasteiger partial charge is 0.463 e. The predicted molar refractivity (Wildman–Crippen MR) is 238 cm³/mol. The summed E-state index contributed by atoms with van der Waals surface area (Å²) in [5.41, 5.74) is 0. The Bertz CT molecular complexity index is 1210. The summed E-state index contributed by atoms with van der Waals surface area (Å²) in [7, 11) is -4.43. The Morgan fingerprint density at radius 3 is 1.47 bits per heavy atom. The van der Waals surface area contributed by atoms with Crippen molar-refractivity contribution in [1.29, 1.82) is 0 Å². The fraction of sp³-hybridized carbons (Fsp3) is 0.660. The molecular weight excluding hydrogens is 737 g/mol. The molecule has 57 heavy (non-hydrogen) atoms. The van der Waals surface area contributed by atoms with Crippen LogP contribution in [-0.2, 0) is 27.9 Å². The van der Waals surface area contributed by atoms with Crippen LogP contribution >= 0.6 is 7.82 Å². The first kappa shape index (κ1) is 54.2. The van der Waals surface area contributed by atoms with E-state index in [0.717, 1.165) is 70.6 Å². The third-order valence-electron chi connectivity index (χ3n) is 8.84. The highest BCUT2D eigenvalue weighted by atomic mass is 31.2. The van der Waals surface area contributed by atoms with Crippen molar-refractivity contribution in [1.82, 2.24) is 5.32 Å². The summed E-state index contributed by atoms with van der Waals surface area (Å²) in [6, 6.07) is 0. The van der Waals surface area contributed by atoms with Crippen LogP contribution in [0.5, 0.6) is 0 Å². The summed E-state index contributed by atoms with van der Waals surface area (Å²) < 4.78 is 26.8. The minimum Gasteiger partial charge on any atom is -0.463 e. The molecule has 0 radical (unpaired) electrons. The van der Waals surface area contributed by atoms with E-state index in [1.807, 2.05) is 6.08 Å². The molecule has 2 unspecified atom stereocenters. The van der Waals surface area contributed by atoms with E-state index < -0.39 is 26.5 Å². The number of unbranched alkanes of at least 4 members (excludes halogenated alkanes) is 13. The standard InChI is InChI=1S/C47H80NO8P/c1-3-5-7-9-11-13-15-17-18-19-20-21-22-23-24-25-26-28-30-32-34-36-38-40-47(51)54-43-45(49)44-56-57(52,53)55-42-41-48-46(50)39-37-35-33-31-29-27-16-14-12-10-8-6-4-2/h5,7,11,13,17-18,20-21,23-24,26,28,32,34,45,49H,3-4,6,8-10,12,14-16,19,22,25,27,29-31,33,35-44H2,1-2H3,(H,48,50)(H,52,53)/b7-5-,13-11-,18-17-,21-20-,24-23-,28-26-,34-32-. The van der Waals surface area contributed by atoms with Gasteiger partial charge in [-0.1, -0.05) is 176 Å². The molecule has 3 N–H and O–H groups in total. The molecule has 326 valence electrons. The number of aliphatic hydroxyl groups is 1. The molecule has 0 saturated heterocycles. The lowest BCUT2D eigenvalue weighted by molar-refractivity contribution is -0.147. The molecule has 0 aromatic rings. The molecule has 0 aromatic carbocycles. The van der Waals surface area contributed by atoms with Crippen LogP contribution < -0.4 is 5.32 Å². The summed E-state index contributed by atoms with van der Waals surface area (Å²) in [5.74, 6) is -0.582. The van der Waals surface area contributed by atoms with Gasteiger partial charge in [0.1, 0.15) is 12.7 Å². The first-order chi connectivity index (χ1) is 27.8. The number of rotatable bonds is 40. The van der Waals surface area contributed by atoms with Gasteiger partial charge >= 0.3 is 13.8 Å². The quantitative estimate of drug-likeness (QED) is 0.0241. The van der Waals surface area contributed by atoms with Crippen molar-refractivity contribution in [2.24, 2.45) is 0 Å². The number of esters is 1. The van der Waals surface area contributed by atoms with E-state index in [2.05, 4.69) is 98.2 Å². The van der Waals surface area contributed by atoms with E-state index in [1.54, 1.807) is 0 Å². The van der Waals surface area contributed by atoms with Crippen LogP contribution in [0.1, 0.15) is 168 Å². The molecule has 0 heterocycles. The van der Waals surface area contributed by atoms with Gasteiger partial charge < -0.3 is 20.1 Å². The second-order valence-corrected chi connectivity index (χ2v) is 15.7. The van der Waals surface area contributed by atoms with Gasteiger partial charge in [-0.3, -0.25) is 18.6 Å². The zero-order valence-corrected chi connectivity index (χ0v) is 36.6. The molecule has 0 aliphatic rings. The van der Waals surface area contributed by atoms with E-state index in [-0.39, 0.29) is 32.1 Å². The Morgan fingerprint density at radius 2 is 1.00 bits per heavy atom. The molecule has 0 fully saturated rings. The Balaban J connectivity index is 3.73. The summed E-state index contributed by atoms with van der Waals surface area (Å²) in [6.07, 6.45) is 53.8. The average Bonchev–Trinajstić information content (AvgIpc) is 3.20. The number of ether oxygens (including phenoxy) is 1. The van der Waals surface area contributed by atoms with Crippen LogP contribution in [0.2, 0.25) is 0 Å². The minimum atomic E-state index is -4.43. The van der Waals surface area contributed by atoms with Gasteiger partial charge in [-0.2, -0.15) is 0 Å². The number of nitrogens with one attached hydrogen (secondary N) is 1. The van der Waals surface area contributed by atoms with E-state index in [9.17, 15) is 24.2 Å².